The Labute approximate surface area is 235 Å². The third-order valence-corrected chi connectivity index (χ3v) is 7.66. The molecule has 1 aliphatic carbocycles. The lowest BCUT2D eigenvalue weighted by Gasteiger charge is -2.37. The van der Waals surface area contributed by atoms with Crippen molar-refractivity contribution < 1.29 is 22.4 Å². The van der Waals surface area contributed by atoms with Gasteiger partial charge in [-0.1, -0.05) is 42.0 Å². The van der Waals surface area contributed by atoms with Gasteiger partial charge in [-0.3, -0.25) is 4.79 Å². The van der Waals surface area contributed by atoms with Crippen LogP contribution in [0.5, 0.6) is 0 Å². The van der Waals surface area contributed by atoms with E-state index in [0.29, 0.717) is 30.2 Å². The van der Waals surface area contributed by atoms with Crippen molar-refractivity contribution in [3.8, 4) is 5.69 Å². The fourth-order valence-corrected chi connectivity index (χ4v) is 5.28. The second kappa shape index (κ2) is 11.3. The van der Waals surface area contributed by atoms with Crippen LogP contribution in [-0.4, -0.2) is 33.7 Å². The van der Waals surface area contributed by atoms with Crippen molar-refractivity contribution in [2.45, 2.75) is 32.7 Å². The van der Waals surface area contributed by atoms with Gasteiger partial charge in [0.15, 0.2) is 0 Å². The molecule has 3 aromatic carbocycles. The summed E-state index contributed by atoms with van der Waals surface area (Å²) < 4.78 is 59.0. The molecule has 0 aliphatic heterocycles. The van der Waals surface area contributed by atoms with E-state index in [0.717, 1.165) is 41.5 Å². The van der Waals surface area contributed by atoms with Gasteiger partial charge in [-0.25, -0.2) is 22.2 Å². The molecule has 0 saturated carbocycles. The zero-order chi connectivity index (χ0) is 29.3. The van der Waals surface area contributed by atoms with Crippen molar-refractivity contribution >= 4 is 5.91 Å². The Bertz CT molecular complexity index is 1620. The first kappa shape index (κ1) is 28.3. The Morgan fingerprint density at radius 2 is 1.68 bits per heavy atom. The maximum atomic E-state index is 14.9. The predicted molar refractivity (Wildman–Crippen MR) is 148 cm³/mol. The molecule has 41 heavy (non-hydrogen) atoms. The Kier molecular flexibility index (Phi) is 7.82. The fourth-order valence-electron chi connectivity index (χ4n) is 5.28. The second-order valence-electron chi connectivity index (χ2n) is 10.5. The maximum absolute atomic E-state index is 14.9. The zero-order valence-electron chi connectivity index (χ0n) is 22.8. The SMILES string of the molecule is CC1=CC1(C)[C@H](c1nn(-c2cc(F)ccc2F)cc1Cc1ccccc1)N(CCCN)C(=O)c1ccc(F)cc1F. The lowest BCUT2D eigenvalue weighted by molar-refractivity contribution is 0.0591. The maximum Gasteiger partial charge on any atom is 0.257 e. The molecule has 0 bridgehead atoms. The number of rotatable bonds is 10. The number of nitrogens with two attached hydrogens (primary N) is 1. The molecule has 212 valence electrons. The third-order valence-electron chi connectivity index (χ3n) is 7.66. The van der Waals surface area contributed by atoms with Gasteiger partial charge in [0.2, 0.25) is 0 Å². The molecule has 0 spiro atoms. The van der Waals surface area contributed by atoms with E-state index in [4.69, 9.17) is 10.8 Å². The van der Waals surface area contributed by atoms with Crippen LogP contribution in [0.4, 0.5) is 17.6 Å². The lowest BCUT2D eigenvalue weighted by Crippen LogP contribution is -2.42. The van der Waals surface area contributed by atoms with E-state index < -0.39 is 40.6 Å². The number of hydrogen-bond acceptors (Lipinski definition) is 3. The highest BCUT2D eigenvalue weighted by Gasteiger charge is 2.50. The molecule has 1 aliphatic rings. The first-order valence-corrected chi connectivity index (χ1v) is 13.4. The van der Waals surface area contributed by atoms with Gasteiger partial charge >= 0.3 is 0 Å². The van der Waals surface area contributed by atoms with Crippen molar-refractivity contribution in [2.24, 2.45) is 11.1 Å². The van der Waals surface area contributed by atoms with Crippen LogP contribution in [0.25, 0.3) is 5.69 Å². The van der Waals surface area contributed by atoms with Gasteiger partial charge in [0, 0.05) is 42.3 Å². The standard InChI is InChI=1S/C32H30F4N4O/c1-20-18-32(20,2)30(39(14-6-13-37)31(41)25-11-9-23(33)16-27(25)36)29-22(15-21-7-4-3-5-8-21)19-40(38-29)28-17-24(34)10-12-26(28)35/h3-5,7-12,16-19,30H,6,13-15,37H2,1-2H3/t30-,32?/m0/s1. The van der Waals surface area contributed by atoms with Gasteiger partial charge in [0.25, 0.3) is 5.91 Å². The summed E-state index contributed by atoms with van der Waals surface area (Å²) in [6, 6.07) is 14.8. The molecule has 0 saturated heterocycles. The molecular weight excluding hydrogens is 532 g/mol. The Morgan fingerprint density at radius 3 is 2.34 bits per heavy atom. The Hall–Kier alpha value is -4.24. The minimum absolute atomic E-state index is 0.0839. The summed E-state index contributed by atoms with van der Waals surface area (Å²) in [4.78, 5) is 15.5. The molecule has 2 N–H and O–H groups in total. The second-order valence-corrected chi connectivity index (χ2v) is 10.5. The number of nitrogens with zero attached hydrogens (tertiary/aromatic N) is 3. The van der Waals surface area contributed by atoms with E-state index in [9.17, 15) is 22.4 Å². The molecule has 4 aromatic rings. The van der Waals surface area contributed by atoms with Gasteiger partial charge < -0.3 is 10.6 Å². The third kappa shape index (κ3) is 5.67. The lowest BCUT2D eigenvalue weighted by atomic mass is 9.86. The van der Waals surface area contributed by atoms with Gasteiger partial charge in [-0.15, -0.1) is 0 Å². The number of amides is 1. The molecular formula is C32H30F4N4O. The van der Waals surface area contributed by atoms with Crippen molar-refractivity contribution in [1.29, 1.82) is 0 Å². The number of aromatic nitrogens is 2. The number of hydrogen-bond donors (Lipinski definition) is 1. The van der Waals surface area contributed by atoms with Crippen LogP contribution in [0.3, 0.4) is 0 Å². The monoisotopic (exact) mass is 562 g/mol. The topological polar surface area (TPSA) is 64.2 Å². The van der Waals surface area contributed by atoms with E-state index in [2.05, 4.69) is 0 Å². The summed E-state index contributed by atoms with van der Waals surface area (Å²) in [5, 5.41) is 4.76. The summed E-state index contributed by atoms with van der Waals surface area (Å²) in [6.07, 6.45) is 4.43. The van der Waals surface area contributed by atoms with Crippen molar-refractivity contribution in [3.05, 3.63) is 130 Å². The summed E-state index contributed by atoms with van der Waals surface area (Å²) in [7, 11) is 0. The van der Waals surface area contributed by atoms with Gasteiger partial charge in [-0.05, 0) is 56.6 Å². The van der Waals surface area contributed by atoms with Gasteiger partial charge in [0.05, 0.1) is 17.3 Å². The van der Waals surface area contributed by atoms with E-state index in [-0.39, 0.29) is 24.3 Å². The highest BCUT2D eigenvalue weighted by Crippen LogP contribution is 2.56. The van der Waals surface area contributed by atoms with Crippen LogP contribution in [0.15, 0.2) is 84.6 Å². The smallest absolute Gasteiger partial charge is 0.257 e. The minimum atomic E-state index is -0.978. The average Bonchev–Trinajstić information content (AvgIpc) is 3.36. The van der Waals surface area contributed by atoms with Crippen LogP contribution < -0.4 is 5.73 Å². The van der Waals surface area contributed by atoms with Crippen LogP contribution in [-0.2, 0) is 6.42 Å². The van der Waals surface area contributed by atoms with Gasteiger partial charge in [-0.2, -0.15) is 5.10 Å². The normalized spacial score (nSPS) is 16.8. The highest BCUT2D eigenvalue weighted by atomic mass is 19.1. The van der Waals surface area contributed by atoms with Crippen LogP contribution in [0.1, 0.15) is 53.5 Å². The quantitative estimate of drug-likeness (QED) is 0.177. The Balaban J connectivity index is 1.69. The molecule has 9 heteroatoms. The number of carbonyl (C=O) groups excluding carboxylic acids is 1. The molecule has 5 nitrogen and oxygen atoms in total. The number of benzene rings is 3. The minimum Gasteiger partial charge on any atom is -0.330 e. The van der Waals surface area contributed by atoms with Crippen molar-refractivity contribution in [3.63, 3.8) is 0 Å². The molecule has 1 heterocycles. The fraction of sp³-hybridized carbons (Fsp3) is 0.250. The van der Waals surface area contributed by atoms with Crippen molar-refractivity contribution in [2.75, 3.05) is 13.1 Å². The van der Waals surface area contributed by atoms with Crippen LogP contribution in [0, 0.1) is 28.7 Å². The summed E-state index contributed by atoms with van der Waals surface area (Å²) in [6.45, 7) is 4.31. The molecule has 2 atom stereocenters. The average molecular weight is 563 g/mol. The zero-order valence-corrected chi connectivity index (χ0v) is 22.8. The van der Waals surface area contributed by atoms with Crippen LogP contribution >= 0.6 is 0 Å². The molecule has 0 radical (unpaired) electrons. The molecule has 5 rings (SSSR count). The van der Waals surface area contributed by atoms with E-state index in [1.54, 1.807) is 6.20 Å². The number of halogens is 4. The highest BCUT2D eigenvalue weighted by molar-refractivity contribution is 5.95. The summed E-state index contributed by atoms with van der Waals surface area (Å²) in [5.41, 5.74) is 7.90. The summed E-state index contributed by atoms with van der Waals surface area (Å²) in [5.74, 6) is -3.71. The van der Waals surface area contributed by atoms with E-state index in [1.165, 1.54) is 9.58 Å². The van der Waals surface area contributed by atoms with Gasteiger partial charge in [0.1, 0.15) is 29.0 Å². The molecule has 0 fully saturated rings. The largest absolute Gasteiger partial charge is 0.330 e. The van der Waals surface area contributed by atoms with Crippen molar-refractivity contribution in [1.82, 2.24) is 14.7 Å². The molecule has 1 unspecified atom stereocenters. The summed E-state index contributed by atoms with van der Waals surface area (Å²) >= 11 is 0. The molecule has 1 amide bonds. The first-order valence-electron chi connectivity index (χ1n) is 13.4. The Morgan fingerprint density at radius 1 is 1.00 bits per heavy atom. The molecule has 1 aromatic heterocycles. The van der Waals surface area contributed by atoms with Crippen LogP contribution in [0.2, 0.25) is 0 Å². The number of carbonyl (C=O) groups is 1. The van der Waals surface area contributed by atoms with E-state index in [1.807, 2.05) is 50.3 Å². The van der Waals surface area contributed by atoms with E-state index >= 15 is 0 Å². The first-order chi connectivity index (χ1) is 19.6. The predicted octanol–water partition coefficient (Wildman–Crippen LogP) is 6.52.